The second kappa shape index (κ2) is 12.5. The van der Waals surface area contributed by atoms with E-state index < -0.39 is 0 Å². The molecule has 0 aromatic heterocycles. The van der Waals surface area contributed by atoms with Gasteiger partial charge in [-0.05, 0) is 69.9 Å². The van der Waals surface area contributed by atoms with Gasteiger partial charge in [0.05, 0.1) is 14.2 Å². The largest absolute Gasteiger partial charge is 0.493 e. The Hall–Kier alpha value is -2.04. The van der Waals surface area contributed by atoms with E-state index in [0.29, 0.717) is 5.92 Å². The van der Waals surface area contributed by atoms with Crippen LogP contribution in [0.1, 0.15) is 17.5 Å². The third kappa shape index (κ3) is 8.08. The summed E-state index contributed by atoms with van der Waals surface area (Å²) in [5, 5.41) is 0. The highest BCUT2D eigenvalue weighted by Crippen LogP contribution is 2.30. The minimum absolute atomic E-state index is 0.435. The van der Waals surface area contributed by atoms with Gasteiger partial charge in [0.1, 0.15) is 0 Å². The highest BCUT2D eigenvalue weighted by molar-refractivity contribution is 5.46. The van der Waals surface area contributed by atoms with E-state index in [-0.39, 0.29) is 0 Å². The maximum absolute atomic E-state index is 5.54. The van der Waals surface area contributed by atoms with Crippen molar-refractivity contribution >= 4 is 0 Å². The van der Waals surface area contributed by atoms with Crippen LogP contribution in [0.2, 0.25) is 0 Å². The zero-order chi connectivity index (χ0) is 21.1. The number of para-hydroxylation sites is 1. The summed E-state index contributed by atoms with van der Waals surface area (Å²) in [6, 6.07) is 16.7. The van der Waals surface area contributed by atoms with Crippen LogP contribution < -0.4 is 9.47 Å². The molecule has 0 saturated carbocycles. The van der Waals surface area contributed by atoms with Gasteiger partial charge in [0.25, 0.3) is 0 Å². The van der Waals surface area contributed by atoms with Crippen molar-refractivity contribution in [1.29, 1.82) is 0 Å². The standard InChI is InChI=1S/C25H37N2O2/c1-21(20-27(3)18-15-22-10-7-6-8-11-22)14-17-26(2)19-16-23-12-9-13-24(28-4)25(23)29-5/h6-13,21H,1,14-20H2,2-5H3. The highest BCUT2D eigenvalue weighted by Gasteiger charge is 2.12. The first-order valence-corrected chi connectivity index (χ1v) is 10.5. The Labute approximate surface area is 177 Å². The molecule has 4 nitrogen and oxygen atoms in total. The zero-order valence-electron chi connectivity index (χ0n) is 18.6. The van der Waals surface area contributed by atoms with Crippen LogP contribution >= 0.6 is 0 Å². The van der Waals surface area contributed by atoms with Crippen LogP contribution in [0, 0.1) is 12.8 Å². The van der Waals surface area contributed by atoms with Gasteiger partial charge in [-0.2, -0.15) is 0 Å². The summed E-state index contributed by atoms with van der Waals surface area (Å²) in [7, 11) is 7.75. The minimum Gasteiger partial charge on any atom is -0.493 e. The third-order valence-electron chi connectivity index (χ3n) is 5.36. The van der Waals surface area contributed by atoms with Crippen LogP contribution in [0.4, 0.5) is 0 Å². The van der Waals surface area contributed by atoms with E-state index in [1.54, 1.807) is 14.2 Å². The summed E-state index contributed by atoms with van der Waals surface area (Å²) in [4.78, 5) is 4.77. The maximum Gasteiger partial charge on any atom is 0.163 e. The summed E-state index contributed by atoms with van der Waals surface area (Å²) < 4.78 is 10.9. The van der Waals surface area contributed by atoms with Crippen molar-refractivity contribution < 1.29 is 9.47 Å². The van der Waals surface area contributed by atoms with Crippen LogP contribution in [0.25, 0.3) is 0 Å². The quantitative estimate of drug-likeness (QED) is 0.506. The number of likely N-dealkylation sites (N-methyl/N-ethyl adjacent to an activating group) is 2. The number of benzene rings is 2. The summed E-state index contributed by atoms with van der Waals surface area (Å²) in [6.45, 7) is 8.51. The molecule has 0 aliphatic carbocycles. The number of hydrogen-bond donors (Lipinski definition) is 0. The van der Waals surface area contributed by atoms with Crippen molar-refractivity contribution in [2.45, 2.75) is 19.3 Å². The predicted molar refractivity (Wildman–Crippen MR) is 122 cm³/mol. The van der Waals surface area contributed by atoms with E-state index in [0.717, 1.165) is 56.9 Å². The number of hydrogen-bond acceptors (Lipinski definition) is 4. The lowest BCUT2D eigenvalue weighted by Gasteiger charge is -2.24. The van der Waals surface area contributed by atoms with Crippen LogP contribution in [-0.2, 0) is 12.8 Å². The predicted octanol–water partition coefficient (Wildman–Crippen LogP) is 4.19. The number of rotatable bonds is 13. The fourth-order valence-corrected chi connectivity index (χ4v) is 3.56. The second-order valence-corrected chi connectivity index (χ2v) is 7.86. The molecule has 0 heterocycles. The van der Waals surface area contributed by atoms with Crippen molar-refractivity contribution in [2.24, 2.45) is 5.92 Å². The smallest absolute Gasteiger partial charge is 0.163 e. The summed E-state index contributed by atoms with van der Waals surface area (Å²) in [6.07, 6.45) is 3.13. The van der Waals surface area contributed by atoms with Gasteiger partial charge in [-0.25, -0.2) is 0 Å². The molecule has 29 heavy (non-hydrogen) atoms. The summed E-state index contributed by atoms with van der Waals surface area (Å²) in [5.74, 6) is 2.08. The van der Waals surface area contributed by atoms with Gasteiger partial charge in [0.15, 0.2) is 11.5 Å². The average Bonchev–Trinajstić information content (AvgIpc) is 2.75. The van der Waals surface area contributed by atoms with Crippen molar-refractivity contribution in [3.63, 3.8) is 0 Å². The molecule has 0 amide bonds. The molecule has 4 heteroatoms. The molecule has 2 aromatic rings. The molecule has 1 radical (unpaired) electrons. The third-order valence-corrected chi connectivity index (χ3v) is 5.36. The summed E-state index contributed by atoms with van der Waals surface area (Å²) in [5.41, 5.74) is 2.58. The molecule has 2 rings (SSSR count). The monoisotopic (exact) mass is 397 g/mol. The van der Waals surface area contributed by atoms with Crippen molar-refractivity contribution in [3.05, 3.63) is 66.6 Å². The number of ether oxygens (including phenoxy) is 2. The molecule has 0 aliphatic heterocycles. The first kappa shape index (κ1) is 23.2. The summed E-state index contributed by atoms with van der Waals surface area (Å²) >= 11 is 0. The first-order valence-electron chi connectivity index (χ1n) is 10.5. The van der Waals surface area contributed by atoms with Gasteiger partial charge < -0.3 is 19.3 Å². The fourth-order valence-electron chi connectivity index (χ4n) is 3.56. The van der Waals surface area contributed by atoms with Crippen molar-refractivity contribution in [3.8, 4) is 11.5 Å². The molecule has 0 bridgehead atoms. The molecular formula is C25H37N2O2. The molecule has 0 fully saturated rings. The molecule has 0 saturated heterocycles. The number of methoxy groups -OCH3 is 2. The number of nitrogens with zero attached hydrogens (tertiary/aromatic N) is 2. The van der Waals surface area contributed by atoms with Crippen LogP contribution in [0.5, 0.6) is 11.5 Å². The first-order chi connectivity index (χ1) is 14.0. The molecule has 159 valence electrons. The molecular weight excluding hydrogens is 360 g/mol. The van der Waals surface area contributed by atoms with E-state index >= 15 is 0 Å². The van der Waals surface area contributed by atoms with Gasteiger partial charge in [-0.1, -0.05) is 42.5 Å². The van der Waals surface area contributed by atoms with Crippen LogP contribution in [0.15, 0.2) is 48.5 Å². The topological polar surface area (TPSA) is 24.9 Å². The Bertz CT molecular complexity index is 705. The fraction of sp³-hybridized carbons (Fsp3) is 0.480. The van der Waals surface area contributed by atoms with Crippen molar-refractivity contribution in [2.75, 3.05) is 54.5 Å². The van der Waals surface area contributed by atoms with Crippen LogP contribution in [-0.4, -0.2) is 64.3 Å². The van der Waals surface area contributed by atoms with Crippen LogP contribution in [0.3, 0.4) is 0 Å². The SMILES string of the molecule is [CH2]C(CCN(C)CCc1cccc(OC)c1OC)CN(C)CCc1ccccc1. The minimum atomic E-state index is 0.435. The lowest BCUT2D eigenvalue weighted by molar-refractivity contribution is 0.263. The van der Waals surface area contributed by atoms with E-state index in [1.165, 1.54) is 11.1 Å². The maximum atomic E-state index is 5.54. The molecule has 1 unspecified atom stereocenters. The van der Waals surface area contributed by atoms with E-state index in [4.69, 9.17) is 9.47 Å². The molecule has 0 spiro atoms. The highest BCUT2D eigenvalue weighted by atomic mass is 16.5. The average molecular weight is 398 g/mol. The zero-order valence-corrected chi connectivity index (χ0v) is 18.6. The lowest BCUT2D eigenvalue weighted by atomic mass is 10.1. The molecule has 0 aliphatic rings. The Morgan fingerprint density at radius 3 is 2.24 bits per heavy atom. The van der Waals surface area contributed by atoms with E-state index in [1.807, 2.05) is 12.1 Å². The van der Waals surface area contributed by atoms with Gasteiger partial charge in [0.2, 0.25) is 0 Å². The molecule has 1 atom stereocenters. The normalized spacial score (nSPS) is 12.4. The Morgan fingerprint density at radius 2 is 1.55 bits per heavy atom. The lowest BCUT2D eigenvalue weighted by Crippen LogP contribution is -2.30. The van der Waals surface area contributed by atoms with Crippen molar-refractivity contribution in [1.82, 2.24) is 9.80 Å². The van der Waals surface area contributed by atoms with Gasteiger partial charge in [-0.3, -0.25) is 0 Å². The molecule has 0 N–H and O–H groups in total. The second-order valence-electron chi connectivity index (χ2n) is 7.86. The van der Waals surface area contributed by atoms with E-state index in [2.05, 4.69) is 67.2 Å². The Balaban J connectivity index is 1.68. The Kier molecular flexibility index (Phi) is 10.0. The van der Waals surface area contributed by atoms with Gasteiger partial charge in [0, 0.05) is 19.6 Å². The molecule has 2 aromatic carbocycles. The van der Waals surface area contributed by atoms with Gasteiger partial charge in [-0.15, -0.1) is 0 Å². The van der Waals surface area contributed by atoms with E-state index in [9.17, 15) is 0 Å². The van der Waals surface area contributed by atoms with Gasteiger partial charge >= 0.3 is 0 Å². The Morgan fingerprint density at radius 1 is 0.828 bits per heavy atom.